The minimum Gasteiger partial charge on any atom is -0.120 e. The van der Waals surface area contributed by atoms with Crippen molar-refractivity contribution in [1.82, 2.24) is 0 Å². The minimum absolute atomic E-state index is 0.899. The maximum absolute atomic E-state index is 5.10. The lowest BCUT2D eigenvalue weighted by Gasteiger charge is -1.93. The molecule has 0 amide bonds. The zero-order chi connectivity index (χ0) is 8.36. The zero-order valence-electron chi connectivity index (χ0n) is 7.19. The average molecular weight is 147 g/mol. The molecule has 0 heteroatoms. The molecule has 0 nitrogen and oxygen atoms in total. The summed E-state index contributed by atoms with van der Waals surface area (Å²) in [5.41, 5.74) is 0. The molecule has 0 spiro atoms. The van der Waals surface area contributed by atoms with Crippen molar-refractivity contribution < 1.29 is 0 Å². The molecule has 0 aromatic carbocycles. The third-order valence-electron chi connectivity index (χ3n) is 1.38. The van der Waals surface area contributed by atoms with Gasteiger partial charge in [0.2, 0.25) is 0 Å². The maximum Gasteiger partial charge on any atom is 0.00913 e. The van der Waals surface area contributed by atoms with E-state index >= 15 is 0 Å². The Morgan fingerprint density at radius 1 is 1.27 bits per heavy atom. The third-order valence-corrected chi connectivity index (χ3v) is 1.38. The standard InChI is InChI=1S/C11H15/c1-3-5-7-9-11-10-8-6-4-2/h1,11H,5,7-10H2,2H3. The molecule has 0 saturated carbocycles. The first-order chi connectivity index (χ1) is 5.41. The summed E-state index contributed by atoms with van der Waals surface area (Å²) in [6.45, 7) is 1.87. The van der Waals surface area contributed by atoms with Gasteiger partial charge in [-0.3, -0.25) is 0 Å². The fraction of sp³-hybridized carbons (Fsp3) is 0.545. The molecule has 59 valence electrons. The molecule has 0 unspecified atom stereocenters. The predicted octanol–water partition coefficient (Wildman–Crippen LogP) is 2.80. The normalized spacial score (nSPS) is 8.00. The SMILES string of the molecule is C#CCCC[CH]CCC#CC. The van der Waals surface area contributed by atoms with E-state index in [4.69, 9.17) is 6.42 Å². The van der Waals surface area contributed by atoms with E-state index < -0.39 is 0 Å². The Kier molecular flexibility index (Phi) is 8.39. The summed E-state index contributed by atoms with van der Waals surface area (Å²) in [5.74, 6) is 8.51. The van der Waals surface area contributed by atoms with E-state index in [0.29, 0.717) is 0 Å². The highest BCUT2D eigenvalue weighted by Crippen LogP contribution is 2.02. The van der Waals surface area contributed by atoms with Gasteiger partial charge in [-0.25, -0.2) is 0 Å². The average Bonchev–Trinajstić information content (AvgIpc) is 2.03. The van der Waals surface area contributed by atoms with Crippen molar-refractivity contribution in [2.45, 2.75) is 39.0 Å². The van der Waals surface area contributed by atoms with E-state index in [-0.39, 0.29) is 0 Å². The predicted molar refractivity (Wildman–Crippen MR) is 49.7 cm³/mol. The van der Waals surface area contributed by atoms with Gasteiger partial charge in [0, 0.05) is 12.8 Å². The van der Waals surface area contributed by atoms with Crippen LogP contribution in [0.2, 0.25) is 0 Å². The fourth-order valence-electron chi connectivity index (χ4n) is 0.792. The van der Waals surface area contributed by atoms with Crippen LogP contribution in [0.1, 0.15) is 39.0 Å². The summed E-state index contributed by atoms with van der Waals surface area (Å²) in [7, 11) is 0. The van der Waals surface area contributed by atoms with Crippen molar-refractivity contribution >= 4 is 0 Å². The second kappa shape index (κ2) is 9.12. The number of hydrogen-bond donors (Lipinski definition) is 0. The quantitative estimate of drug-likeness (QED) is 0.414. The molecule has 1 radical (unpaired) electrons. The van der Waals surface area contributed by atoms with E-state index in [9.17, 15) is 0 Å². The van der Waals surface area contributed by atoms with Gasteiger partial charge in [0.05, 0.1) is 0 Å². The van der Waals surface area contributed by atoms with E-state index in [0.717, 1.165) is 32.1 Å². The Morgan fingerprint density at radius 3 is 2.73 bits per heavy atom. The first-order valence-electron chi connectivity index (χ1n) is 4.06. The van der Waals surface area contributed by atoms with E-state index in [1.54, 1.807) is 0 Å². The van der Waals surface area contributed by atoms with Gasteiger partial charge < -0.3 is 0 Å². The molecule has 0 fully saturated rings. The molecule has 0 aliphatic heterocycles. The van der Waals surface area contributed by atoms with Gasteiger partial charge in [-0.2, -0.15) is 0 Å². The van der Waals surface area contributed by atoms with Crippen molar-refractivity contribution in [3.05, 3.63) is 6.42 Å². The number of unbranched alkanes of at least 4 members (excludes halogenated alkanes) is 5. The van der Waals surface area contributed by atoms with Gasteiger partial charge in [0.15, 0.2) is 0 Å². The highest BCUT2D eigenvalue weighted by atomic mass is 13.9. The molecule has 0 rings (SSSR count). The molecule has 0 aromatic heterocycles. The van der Waals surface area contributed by atoms with Crippen LogP contribution in [0.25, 0.3) is 0 Å². The topological polar surface area (TPSA) is 0 Å². The molecule has 0 atom stereocenters. The number of rotatable bonds is 5. The van der Waals surface area contributed by atoms with Crippen LogP contribution in [0.5, 0.6) is 0 Å². The zero-order valence-corrected chi connectivity index (χ0v) is 7.19. The Labute approximate surface area is 70.4 Å². The van der Waals surface area contributed by atoms with Crippen molar-refractivity contribution in [3.8, 4) is 24.2 Å². The first-order valence-corrected chi connectivity index (χ1v) is 4.06. The Morgan fingerprint density at radius 2 is 2.09 bits per heavy atom. The first kappa shape index (κ1) is 10.1. The van der Waals surface area contributed by atoms with Crippen LogP contribution in [0.3, 0.4) is 0 Å². The molecule has 11 heavy (non-hydrogen) atoms. The van der Waals surface area contributed by atoms with Crippen molar-refractivity contribution in [3.63, 3.8) is 0 Å². The highest BCUT2D eigenvalue weighted by Gasteiger charge is 1.86. The number of terminal acetylenes is 1. The van der Waals surface area contributed by atoms with E-state index in [1.807, 2.05) is 6.92 Å². The third kappa shape index (κ3) is 9.12. The molecule has 0 aliphatic carbocycles. The van der Waals surface area contributed by atoms with Gasteiger partial charge >= 0.3 is 0 Å². The summed E-state index contributed by atoms with van der Waals surface area (Å²) in [6, 6.07) is 0. The monoisotopic (exact) mass is 147 g/mol. The van der Waals surface area contributed by atoms with Gasteiger partial charge in [-0.1, -0.05) is 0 Å². The summed E-state index contributed by atoms with van der Waals surface area (Å²) in [5, 5.41) is 0. The van der Waals surface area contributed by atoms with Crippen LogP contribution < -0.4 is 0 Å². The van der Waals surface area contributed by atoms with Crippen molar-refractivity contribution in [1.29, 1.82) is 0 Å². The van der Waals surface area contributed by atoms with Crippen LogP contribution in [-0.4, -0.2) is 0 Å². The molecule has 0 saturated heterocycles. The molecular formula is C11H15. The molecule has 0 aromatic rings. The lowest BCUT2D eigenvalue weighted by molar-refractivity contribution is 0.792. The van der Waals surface area contributed by atoms with Crippen LogP contribution in [0.4, 0.5) is 0 Å². The van der Waals surface area contributed by atoms with Crippen LogP contribution >= 0.6 is 0 Å². The molecule has 0 bridgehead atoms. The highest BCUT2D eigenvalue weighted by molar-refractivity contribution is 4.95. The van der Waals surface area contributed by atoms with Crippen molar-refractivity contribution in [2.24, 2.45) is 0 Å². The smallest absolute Gasteiger partial charge is 0.00913 e. The minimum atomic E-state index is 0.899. The molecule has 0 aliphatic rings. The van der Waals surface area contributed by atoms with Crippen molar-refractivity contribution in [2.75, 3.05) is 0 Å². The van der Waals surface area contributed by atoms with E-state index in [2.05, 4.69) is 24.2 Å². The van der Waals surface area contributed by atoms with Crippen LogP contribution in [0.15, 0.2) is 0 Å². The molecule has 0 N–H and O–H groups in total. The second-order valence-corrected chi connectivity index (χ2v) is 2.35. The van der Waals surface area contributed by atoms with Crippen LogP contribution in [-0.2, 0) is 0 Å². The Hall–Kier alpha value is -0.880. The Bertz CT molecular complexity index is 161. The van der Waals surface area contributed by atoms with Gasteiger partial charge in [-0.15, -0.1) is 24.2 Å². The van der Waals surface area contributed by atoms with Gasteiger partial charge in [0.25, 0.3) is 0 Å². The lowest BCUT2D eigenvalue weighted by Crippen LogP contribution is -1.77. The fourth-order valence-corrected chi connectivity index (χ4v) is 0.792. The second-order valence-electron chi connectivity index (χ2n) is 2.35. The largest absolute Gasteiger partial charge is 0.120 e. The summed E-state index contributed by atoms with van der Waals surface area (Å²) in [6.07, 6.45) is 12.6. The summed E-state index contributed by atoms with van der Waals surface area (Å²) < 4.78 is 0. The lowest BCUT2D eigenvalue weighted by atomic mass is 10.1. The maximum atomic E-state index is 5.10. The van der Waals surface area contributed by atoms with Gasteiger partial charge in [-0.05, 0) is 32.6 Å². The summed E-state index contributed by atoms with van der Waals surface area (Å²) in [4.78, 5) is 0. The Balaban J connectivity index is 2.90. The molecular weight excluding hydrogens is 132 g/mol. The van der Waals surface area contributed by atoms with E-state index in [1.165, 1.54) is 0 Å². The summed E-state index contributed by atoms with van der Waals surface area (Å²) >= 11 is 0. The van der Waals surface area contributed by atoms with Crippen LogP contribution in [0, 0.1) is 30.6 Å². The number of hydrogen-bond acceptors (Lipinski definition) is 0. The van der Waals surface area contributed by atoms with Gasteiger partial charge in [0.1, 0.15) is 0 Å². The molecule has 0 heterocycles.